The van der Waals surface area contributed by atoms with Gasteiger partial charge in [-0.2, -0.15) is 5.10 Å². The maximum absolute atomic E-state index is 13.3. The van der Waals surface area contributed by atoms with Crippen LogP contribution in [-0.2, 0) is 16.8 Å². The van der Waals surface area contributed by atoms with Gasteiger partial charge in [-0.05, 0) is 63.8 Å². The predicted octanol–water partition coefficient (Wildman–Crippen LogP) is 3.73. The highest BCUT2D eigenvalue weighted by Gasteiger charge is 2.30. The number of rotatable bonds is 6. The van der Waals surface area contributed by atoms with Crippen molar-refractivity contribution in [3.63, 3.8) is 0 Å². The number of anilines is 2. The molecule has 1 saturated heterocycles. The van der Waals surface area contributed by atoms with E-state index in [1.807, 2.05) is 33.8 Å². The van der Waals surface area contributed by atoms with E-state index in [4.69, 9.17) is 9.72 Å². The molecule has 0 bridgehead atoms. The standard InChI is InChI=1S/C29H36N10O2/c1-18-25(14-31-35-18)34-28-30-10-7-23(33-28)19-5-6-22-20(13-19)15-38(21-9-12-41-17-21)11-8-24(22)32-27(40)26-16-39(37-36-26)29(2,3)4/h5-7,10,13-14,16,21,24H,8-9,11-12,15,17H2,1-4H3,(H,31,35)(H,32,40)(H,30,33,34)/t21-,24-/m1/s1. The van der Waals surface area contributed by atoms with Gasteiger partial charge in [0.25, 0.3) is 5.91 Å². The Labute approximate surface area is 238 Å². The van der Waals surface area contributed by atoms with Gasteiger partial charge in [-0.25, -0.2) is 14.6 Å². The van der Waals surface area contributed by atoms with Crippen LogP contribution in [0, 0.1) is 6.92 Å². The molecule has 0 aliphatic carbocycles. The molecule has 2 aliphatic rings. The highest BCUT2D eigenvalue weighted by atomic mass is 16.5. The number of carbonyl (C=O) groups excluding carboxylic acids is 1. The van der Waals surface area contributed by atoms with Gasteiger partial charge in [0.05, 0.1) is 47.7 Å². The van der Waals surface area contributed by atoms with Crippen LogP contribution in [0.5, 0.6) is 0 Å². The molecule has 1 amide bonds. The number of hydrogen-bond donors (Lipinski definition) is 3. The summed E-state index contributed by atoms with van der Waals surface area (Å²) in [6.45, 7) is 11.2. The van der Waals surface area contributed by atoms with Crippen molar-refractivity contribution in [2.75, 3.05) is 25.1 Å². The van der Waals surface area contributed by atoms with Crippen molar-refractivity contribution in [1.29, 1.82) is 0 Å². The van der Waals surface area contributed by atoms with E-state index in [9.17, 15) is 4.79 Å². The molecule has 0 saturated carbocycles. The molecule has 214 valence electrons. The summed E-state index contributed by atoms with van der Waals surface area (Å²) in [5.74, 6) is 0.277. The Balaban J connectivity index is 1.29. The van der Waals surface area contributed by atoms with Crippen molar-refractivity contribution in [3.8, 4) is 11.3 Å². The summed E-state index contributed by atoms with van der Waals surface area (Å²) in [4.78, 5) is 24.9. The summed E-state index contributed by atoms with van der Waals surface area (Å²) in [5, 5.41) is 21.8. The highest BCUT2D eigenvalue weighted by molar-refractivity contribution is 5.92. The molecule has 3 N–H and O–H groups in total. The molecular formula is C29H36N10O2. The molecule has 2 atom stereocenters. The van der Waals surface area contributed by atoms with E-state index in [0.717, 1.165) is 72.9 Å². The van der Waals surface area contributed by atoms with Crippen LogP contribution in [0.25, 0.3) is 11.3 Å². The van der Waals surface area contributed by atoms with Crippen molar-refractivity contribution >= 4 is 17.5 Å². The van der Waals surface area contributed by atoms with E-state index >= 15 is 0 Å². The first-order valence-corrected chi connectivity index (χ1v) is 14.0. The Hall–Kier alpha value is -4.16. The quantitative estimate of drug-likeness (QED) is 0.324. The van der Waals surface area contributed by atoms with Crippen molar-refractivity contribution < 1.29 is 9.53 Å². The van der Waals surface area contributed by atoms with Crippen molar-refractivity contribution in [2.24, 2.45) is 0 Å². The van der Waals surface area contributed by atoms with Crippen LogP contribution in [0.1, 0.15) is 67.0 Å². The number of fused-ring (bicyclic) bond motifs is 1. The molecule has 1 fully saturated rings. The average molecular weight is 557 g/mol. The second kappa shape index (κ2) is 11.0. The summed E-state index contributed by atoms with van der Waals surface area (Å²) in [6.07, 6.45) is 6.97. The summed E-state index contributed by atoms with van der Waals surface area (Å²) in [6, 6.07) is 8.48. The van der Waals surface area contributed by atoms with Gasteiger partial charge in [-0.15, -0.1) is 5.10 Å². The second-order valence-electron chi connectivity index (χ2n) is 11.7. The number of amides is 1. The maximum atomic E-state index is 13.3. The van der Waals surface area contributed by atoms with Crippen molar-refractivity contribution in [2.45, 2.75) is 64.7 Å². The number of benzene rings is 1. The fourth-order valence-corrected chi connectivity index (χ4v) is 5.37. The van der Waals surface area contributed by atoms with Crippen LogP contribution in [0.15, 0.2) is 42.9 Å². The van der Waals surface area contributed by atoms with Gasteiger partial charge >= 0.3 is 0 Å². The molecule has 12 heteroatoms. The Morgan fingerprint density at radius 1 is 1.20 bits per heavy atom. The van der Waals surface area contributed by atoms with Gasteiger partial charge in [-0.1, -0.05) is 17.3 Å². The zero-order valence-corrected chi connectivity index (χ0v) is 23.9. The van der Waals surface area contributed by atoms with Crippen LogP contribution in [0.4, 0.5) is 11.6 Å². The molecule has 0 unspecified atom stereocenters. The first-order chi connectivity index (χ1) is 19.7. The molecule has 0 spiro atoms. The Bertz CT molecular complexity index is 1530. The van der Waals surface area contributed by atoms with E-state index in [0.29, 0.717) is 17.7 Å². The lowest BCUT2D eigenvalue weighted by molar-refractivity contribution is 0.0924. The lowest BCUT2D eigenvalue weighted by Gasteiger charge is -2.26. The van der Waals surface area contributed by atoms with Gasteiger partial charge in [0, 0.05) is 37.5 Å². The number of ether oxygens (including phenoxy) is 1. The lowest BCUT2D eigenvalue weighted by Crippen LogP contribution is -2.36. The largest absolute Gasteiger partial charge is 0.380 e. The summed E-state index contributed by atoms with van der Waals surface area (Å²) >= 11 is 0. The van der Waals surface area contributed by atoms with E-state index < -0.39 is 0 Å². The topological polar surface area (TPSA) is 139 Å². The summed E-state index contributed by atoms with van der Waals surface area (Å²) in [7, 11) is 0. The zero-order chi connectivity index (χ0) is 28.6. The number of hydrogen-bond acceptors (Lipinski definition) is 9. The number of nitrogens with one attached hydrogen (secondary N) is 3. The van der Waals surface area contributed by atoms with Crippen LogP contribution >= 0.6 is 0 Å². The van der Waals surface area contributed by atoms with Crippen molar-refractivity contribution in [3.05, 3.63) is 65.4 Å². The number of nitrogens with zero attached hydrogens (tertiary/aromatic N) is 7. The molecular weight excluding hydrogens is 520 g/mol. The van der Waals surface area contributed by atoms with Gasteiger partial charge in [0.1, 0.15) is 0 Å². The normalized spacial score (nSPS) is 19.5. The van der Waals surface area contributed by atoms with E-state index in [1.165, 1.54) is 0 Å². The maximum Gasteiger partial charge on any atom is 0.273 e. The molecule has 4 aromatic rings. The number of aryl methyl sites for hydroxylation is 1. The molecule has 6 rings (SSSR count). The second-order valence-corrected chi connectivity index (χ2v) is 11.7. The highest BCUT2D eigenvalue weighted by Crippen LogP contribution is 2.33. The van der Waals surface area contributed by atoms with Crippen LogP contribution in [0.3, 0.4) is 0 Å². The minimum absolute atomic E-state index is 0.162. The SMILES string of the molecule is Cc1[nH]ncc1Nc1nccc(-c2ccc3c(c2)CN([C@@H]2CCOC2)CC[C@H]3NC(=O)c2cn(C(C)(C)C)nn2)n1. The zero-order valence-electron chi connectivity index (χ0n) is 23.9. The van der Waals surface area contributed by atoms with Crippen LogP contribution < -0.4 is 10.6 Å². The minimum Gasteiger partial charge on any atom is -0.380 e. The predicted molar refractivity (Wildman–Crippen MR) is 154 cm³/mol. The number of carbonyl (C=O) groups is 1. The third kappa shape index (κ3) is 5.84. The summed E-state index contributed by atoms with van der Waals surface area (Å²) in [5.41, 5.74) is 5.87. The van der Waals surface area contributed by atoms with Crippen LogP contribution in [-0.4, -0.2) is 71.8 Å². The average Bonchev–Trinajstić information content (AvgIpc) is 3.72. The number of aromatic nitrogens is 7. The third-order valence-electron chi connectivity index (χ3n) is 7.77. The van der Waals surface area contributed by atoms with Gasteiger partial charge in [0.2, 0.25) is 5.95 Å². The molecule has 12 nitrogen and oxygen atoms in total. The third-order valence-corrected chi connectivity index (χ3v) is 7.77. The smallest absolute Gasteiger partial charge is 0.273 e. The van der Waals surface area contributed by atoms with Gasteiger partial charge in [0.15, 0.2) is 5.69 Å². The molecule has 3 aromatic heterocycles. The summed E-state index contributed by atoms with van der Waals surface area (Å²) < 4.78 is 7.43. The van der Waals surface area contributed by atoms with Crippen LogP contribution in [0.2, 0.25) is 0 Å². The molecule has 2 aliphatic heterocycles. The molecule has 5 heterocycles. The van der Waals surface area contributed by atoms with E-state index in [2.05, 4.69) is 59.2 Å². The number of H-pyrrole nitrogens is 1. The van der Waals surface area contributed by atoms with Gasteiger partial charge < -0.3 is 15.4 Å². The van der Waals surface area contributed by atoms with Gasteiger partial charge in [-0.3, -0.25) is 14.8 Å². The first-order valence-electron chi connectivity index (χ1n) is 14.0. The Morgan fingerprint density at radius 3 is 2.80 bits per heavy atom. The molecule has 41 heavy (non-hydrogen) atoms. The Morgan fingerprint density at radius 2 is 2.07 bits per heavy atom. The molecule has 1 aromatic carbocycles. The monoisotopic (exact) mass is 556 g/mol. The lowest BCUT2D eigenvalue weighted by atomic mass is 9.96. The Kier molecular flexibility index (Phi) is 7.26. The molecule has 0 radical (unpaired) electrons. The van der Waals surface area contributed by atoms with E-state index in [1.54, 1.807) is 23.3 Å². The van der Waals surface area contributed by atoms with E-state index in [-0.39, 0.29) is 17.5 Å². The first kappa shape index (κ1) is 27.0. The number of aromatic amines is 1. The fraction of sp³-hybridized carbons (Fsp3) is 0.448. The van der Waals surface area contributed by atoms with Crippen molar-refractivity contribution in [1.82, 2.24) is 45.4 Å². The minimum atomic E-state index is -0.256. The fourth-order valence-electron chi connectivity index (χ4n) is 5.37.